The van der Waals surface area contributed by atoms with E-state index in [1.807, 2.05) is 29.2 Å². The Morgan fingerprint density at radius 1 is 1.09 bits per heavy atom. The molecule has 2 fully saturated rings. The van der Waals surface area contributed by atoms with Gasteiger partial charge in [-0.25, -0.2) is 4.98 Å². The Morgan fingerprint density at radius 3 is 2.56 bits per heavy atom. The molecule has 1 atom stereocenters. The fourth-order valence-electron chi connectivity index (χ4n) is 4.95. The van der Waals surface area contributed by atoms with Crippen LogP contribution in [0, 0.1) is 12.8 Å². The Balaban J connectivity index is 1.42. The van der Waals surface area contributed by atoms with Gasteiger partial charge in [-0.05, 0) is 52.4 Å². The van der Waals surface area contributed by atoms with Crippen LogP contribution in [0.1, 0.15) is 30.0 Å². The summed E-state index contributed by atoms with van der Waals surface area (Å²) in [6, 6.07) is 16.4. The van der Waals surface area contributed by atoms with Crippen molar-refractivity contribution in [3.05, 3.63) is 59.7 Å². The summed E-state index contributed by atoms with van der Waals surface area (Å²) >= 11 is 0. The Bertz CT molecular complexity index is 1220. The van der Waals surface area contributed by atoms with Crippen molar-refractivity contribution in [1.82, 2.24) is 14.9 Å². The van der Waals surface area contributed by atoms with E-state index in [9.17, 15) is 9.00 Å². The predicted molar refractivity (Wildman–Crippen MR) is 132 cm³/mol. The molecule has 2 aliphatic rings. The van der Waals surface area contributed by atoms with Crippen LogP contribution in [-0.2, 0) is 14.3 Å². The number of carbonyl (C=O) groups excluding carboxylic acids is 1. The molecule has 1 unspecified atom stereocenters. The first-order valence-corrected chi connectivity index (χ1v) is 13.4. The molecule has 0 bridgehead atoms. The lowest BCUT2D eigenvalue weighted by molar-refractivity contribution is -0.138. The molecule has 5 rings (SSSR count). The first-order valence-electron chi connectivity index (χ1n) is 11.3. The van der Waals surface area contributed by atoms with Crippen LogP contribution in [0.15, 0.2) is 48.5 Å². The van der Waals surface area contributed by atoms with E-state index >= 15 is 0 Å². The lowest BCUT2D eigenvalue weighted by Crippen LogP contribution is -2.53. The van der Waals surface area contributed by atoms with Gasteiger partial charge < -0.3 is 14.8 Å². The number of nitrogens with one attached hydrogen (secondary N) is 1. The van der Waals surface area contributed by atoms with Gasteiger partial charge in [0.05, 0.1) is 17.1 Å². The number of carbonyl (C=O) groups is 1. The molecule has 1 aromatic heterocycles. The number of hydrogen-bond donors (Lipinski definition) is 1. The second kappa shape index (κ2) is 8.28. The average molecular weight is 451 g/mol. The molecule has 3 heterocycles. The number of nitrogens with zero attached hydrogens (tertiary/aromatic N) is 3. The number of benzene rings is 2. The van der Waals surface area contributed by atoms with Crippen molar-refractivity contribution in [3.63, 3.8) is 0 Å². The molecule has 168 valence electrons. The number of anilines is 1. The Labute approximate surface area is 189 Å². The molecule has 2 aromatic carbocycles. The molecule has 0 saturated carbocycles. The van der Waals surface area contributed by atoms with Crippen molar-refractivity contribution < 1.29 is 9.00 Å². The minimum absolute atomic E-state index is 0.0437. The van der Waals surface area contributed by atoms with Crippen LogP contribution in [0.2, 0.25) is 0 Å². The standard InChI is InChI=1S/C25H30N4O2S/c1-18-7-6-10-21-23(18)27-25(26-21)28-13-14-29(22(17-28)19-8-4-3-5-9-19)24(30)20-11-15-32(2,31)16-12-20/h3-10,20,22H,2,11-17H2,1H3,(H,26,27). The number of piperazine rings is 1. The molecule has 0 aliphatic carbocycles. The number of fused-ring (bicyclic) bond motifs is 1. The smallest absolute Gasteiger partial charge is 0.226 e. The molecule has 2 saturated heterocycles. The summed E-state index contributed by atoms with van der Waals surface area (Å²) < 4.78 is 12.3. The highest BCUT2D eigenvalue weighted by atomic mass is 32.2. The van der Waals surface area contributed by atoms with E-state index in [1.54, 1.807) is 0 Å². The maximum atomic E-state index is 13.5. The monoisotopic (exact) mass is 450 g/mol. The summed E-state index contributed by atoms with van der Waals surface area (Å²) in [5, 5.41) is 0. The van der Waals surface area contributed by atoms with Gasteiger partial charge in [-0.1, -0.05) is 42.5 Å². The highest BCUT2D eigenvalue weighted by Crippen LogP contribution is 2.32. The number of imidazole rings is 1. The van der Waals surface area contributed by atoms with Crippen LogP contribution in [0.5, 0.6) is 0 Å². The van der Waals surface area contributed by atoms with E-state index in [0.717, 1.165) is 34.7 Å². The minimum Gasteiger partial charge on any atom is -0.338 e. The molecule has 7 heteroatoms. The molecular weight excluding hydrogens is 420 g/mol. The number of aryl methyl sites for hydroxylation is 1. The zero-order valence-corrected chi connectivity index (χ0v) is 19.3. The van der Waals surface area contributed by atoms with Crippen LogP contribution < -0.4 is 4.90 Å². The van der Waals surface area contributed by atoms with Crippen LogP contribution in [0.3, 0.4) is 0 Å². The summed E-state index contributed by atoms with van der Waals surface area (Å²) in [7, 11) is -2.00. The van der Waals surface area contributed by atoms with Crippen LogP contribution in [0.4, 0.5) is 5.95 Å². The molecule has 1 amide bonds. The number of amides is 1. The SMILES string of the molecule is C=S1(=O)CCC(C(=O)N2CCN(c3nc4c(C)cccc4[nH]3)CC2c2ccccc2)CC1. The molecule has 32 heavy (non-hydrogen) atoms. The Morgan fingerprint density at radius 2 is 1.84 bits per heavy atom. The zero-order chi connectivity index (χ0) is 22.3. The summed E-state index contributed by atoms with van der Waals surface area (Å²) in [4.78, 5) is 26.2. The molecule has 6 nitrogen and oxygen atoms in total. The Hall–Kier alpha value is -2.80. The van der Waals surface area contributed by atoms with Gasteiger partial charge in [-0.3, -0.25) is 9.00 Å². The van der Waals surface area contributed by atoms with Crippen molar-refractivity contribution in [1.29, 1.82) is 0 Å². The first-order chi connectivity index (χ1) is 15.4. The van der Waals surface area contributed by atoms with Gasteiger partial charge in [0.1, 0.15) is 0 Å². The van der Waals surface area contributed by atoms with E-state index < -0.39 is 9.52 Å². The second-order valence-corrected chi connectivity index (χ2v) is 11.8. The molecule has 0 spiro atoms. The van der Waals surface area contributed by atoms with Crippen molar-refractivity contribution in [2.24, 2.45) is 5.92 Å². The Kier molecular flexibility index (Phi) is 5.45. The summed E-state index contributed by atoms with van der Waals surface area (Å²) in [6.45, 7) is 4.13. The van der Waals surface area contributed by atoms with E-state index in [-0.39, 0.29) is 17.9 Å². The summed E-state index contributed by atoms with van der Waals surface area (Å²) in [5.41, 5.74) is 4.32. The van der Waals surface area contributed by atoms with Gasteiger partial charge in [0.25, 0.3) is 0 Å². The normalized spacial score (nSPS) is 26.4. The van der Waals surface area contributed by atoms with Gasteiger partial charge in [-0.15, -0.1) is 0 Å². The van der Waals surface area contributed by atoms with Gasteiger partial charge >= 0.3 is 0 Å². The third-order valence-electron chi connectivity index (χ3n) is 6.88. The summed E-state index contributed by atoms with van der Waals surface area (Å²) in [6.07, 6.45) is 1.34. The second-order valence-electron chi connectivity index (χ2n) is 9.08. The molecular formula is C25H30N4O2S. The lowest BCUT2D eigenvalue weighted by Gasteiger charge is -2.43. The quantitative estimate of drug-likeness (QED) is 0.621. The van der Waals surface area contributed by atoms with Gasteiger partial charge in [-0.2, -0.15) is 0 Å². The third kappa shape index (κ3) is 4.01. The number of aromatic nitrogens is 2. The lowest BCUT2D eigenvalue weighted by atomic mass is 9.96. The van der Waals surface area contributed by atoms with Crippen LogP contribution in [0.25, 0.3) is 11.0 Å². The van der Waals surface area contributed by atoms with Gasteiger partial charge in [0.15, 0.2) is 0 Å². The van der Waals surface area contributed by atoms with Crippen molar-refractivity contribution in [2.75, 3.05) is 36.0 Å². The number of aromatic amines is 1. The number of para-hydroxylation sites is 1. The minimum atomic E-state index is -2.00. The van der Waals surface area contributed by atoms with Gasteiger partial charge in [0, 0.05) is 37.1 Å². The van der Waals surface area contributed by atoms with E-state index in [1.165, 1.54) is 0 Å². The largest absolute Gasteiger partial charge is 0.338 e. The molecule has 3 aromatic rings. The molecule has 2 aliphatic heterocycles. The van der Waals surface area contributed by atoms with Crippen molar-refractivity contribution in [2.45, 2.75) is 25.8 Å². The highest BCUT2D eigenvalue weighted by Gasteiger charge is 2.37. The summed E-state index contributed by atoms with van der Waals surface area (Å²) in [5.74, 6) is 5.95. The number of hydrogen-bond acceptors (Lipinski definition) is 4. The van der Waals surface area contributed by atoms with Crippen molar-refractivity contribution >= 4 is 38.3 Å². The van der Waals surface area contributed by atoms with E-state index in [0.29, 0.717) is 37.4 Å². The van der Waals surface area contributed by atoms with E-state index in [2.05, 4.69) is 46.9 Å². The predicted octanol–water partition coefficient (Wildman–Crippen LogP) is 3.39. The highest BCUT2D eigenvalue weighted by molar-refractivity contribution is 8.00. The topological polar surface area (TPSA) is 69.3 Å². The maximum Gasteiger partial charge on any atom is 0.226 e. The average Bonchev–Trinajstić information content (AvgIpc) is 3.25. The zero-order valence-electron chi connectivity index (χ0n) is 18.5. The van der Waals surface area contributed by atoms with Crippen LogP contribution in [-0.4, -0.2) is 62.0 Å². The van der Waals surface area contributed by atoms with Crippen LogP contribution >= 0.6 is 0 Å². The fraction of sp³-hybridized carbons (Fsp3) is 0.400. The molecule has 0 radical (unpaired) electrons. The third-order valence-corrected chi connectivity index (χ3v) is 8.83. The molecule has 1 N–H and O–H groups in total. The van der Waals surface area contributed by atoms with E-state index in [4.69, 9.17) is 4.98 Å². The fourth-order valence-corrected chi connectivity index (χ4v) is 6.59. The number of H-pyrrole nitrogens is 1. The number of rotatable bonds is 3. The first kappa shape index (κ1) is 21.1. The van der Waals surface area contributed by atoms with Gasteiger partial charge in [0.2, 0.25) is 11.9 Å². The maximum absolute atomic E-state index is 13.5. The van der Waals surface area contributed by atoms with Crippen molar-refractivity contribution in [3.8, 4) is 0 Å².